The molecule has 0 spiro atoms. The van der Waals surface area contributed by atoms with Crippen LogP contribution in [0.4, 0.5) is 14.5 Å². The van der Waals surface area contributed by atoms with Gasteiger partial charge in [0.05, 0.1) is 5.69 Å². The van der Waals surface area contributed by atoms with E-state index in [1.54, 1.807) is 4.68 Å². The van der Waals surface area contributed by atoms with E-state index in [2.05, 4.69) is 15.3 Å². The van der Waals surface area contributed by atoms with Crippen LogP contribution in [0.25, 0.3) is 5.69 Å². The summed E-state index contributed by atoms with van der Waals surface area (Å²) < 4.78 is 28.5. The van der Waals surface area contributed by atoms with Gasteiger partial charge in [-0.2, -0.15) is 5.10 Å². The molecule has 2 aromatic carbocycles. The summed E-state index contributed by atoms with van der Waals surface area (Å²) in [6.45, 7) is 1.12. The molecule has 0 unspecified atom stereocenters. The van der Waals surface area contributed by atoms with Crippen molar-refractivity contribution < 1.29 is 13.6 Å². The highest BCUT2D eigenvalue weighted by Crippen LogP contribution is 2.28. The molecule has 1 aromatic heterocycles. The molecule has 0 saturated carbocycles. The van der Waals surface area contributed by atoms with E-state index in [-0.39, 0.29) is 5.91 Å². The van der Waals surface area contributed by atoms with E-state index in [4.69, 9.17) is 0 Å². The number of carbonyl (C=O) groups excluding carboxylic acids is 1. The van der Waals surface area contributed by atoms with E-state index in [0.717, 1.165) is 48.3 Å². The fraction of sp³-hybridized carbons (Fsp3) is 0.273. The third-order valence-electron chi connectivity index (χ3n) is 5.22. The number of hydrogen-bond donors (Lipinski definition) is 1. The molecule has 4 rings (SSSR count). The topological polar surface area (TPSA) is 50.2 Å². The van der Waals surface area contributed by atoms with Crippen LogP contribution in [0.5, 0.6) is 0 Å². The first-order valence-corrected chi connectivity index (χ1v) is 9.65. The van der Waals surface area contributed by atoms with Gasteiger partial charge in [0.15, 0.2) is 17.3 Å². The lowest BCUT2D eigenvalue weighted by atomic mass is 10.2. The number of hydrogen-bond acceptors (Lipinski definition) is 3. The first-order chi connectivity index (χ1) is 14.0. The van der Waals surface area contributed by atoms with E-state index in [0.29, 0.717) is 24.5 Å². The van der Waals surface area contributed by atoms with E-state index < -0.39 is 11.6 Å². The summed E-state index contributed by atoms with van der Waals surface area (Å²) in [6, 6.07) is 13.6. The fourth-order valence-corrected chi connectivity index (χ4v) is 3.68. The number of anilines is 1. The number of para-hydroxylation sites is 1. The summed E-state index contributed by atoms with van der Waals surface area (Å²) in [5.74, 6) is -2.08. The Labute approximate surface area is 168 Å². The van der Waals surface area contributed by atoms with Crippen LogP contribution in [0.1, 0.15) is 28.2 Å². The molecule has 0 atom stereocenters. The fourth-order valence-electron chi connectivity index (χ4n) is 3.68. The van der Waals surface area contributed by atoms with Crippen molar-refractivity contribution in [2.45, 2.75) is 19.3 Å². The van der Waals surface area contributed by atoms with Crippen LogP contribution in [-0.4, -0.2) is 35.8 Å². The molecule has 1 aliphatic carbocycles. The number of nitrogens with one attached hydrogen (secondary N) is 1. The van der Waals surface area contributed by atoms with Crippen molar-refractivity contribution in [2.24, 2.45) is 0 Å². The molecule has 1 N–H and O–H groups in total. The van der Waals surface area contributed by atoms with Crippen LogP contribution in [0.15, 0.2) is 48.5 Å². The van der Waals surface area contributed by atoms with E-state index >= 15 is 0 Å². The SMILES string of the molecule is CN(CCNC(=O)c1nn(-c2ccc(F)c(F)c2)c2c1CCC2)c1ccccc1. The van der Waals surface area contributed by atoms with Gasteiger partial charge in [0, 0.05) is 43.1 Å². The van der Waals surface area contributed by atoms with E-state index in [1.165, 1.54) is 6.07 Å². The van der Waals surface area contributed by atoms with Gasteiger partial charge in [-0.05, 0) is 43.5 Å². The van der Waals surface area contributed by atoms with E-state index in [1.807, 2.05) is 37.4 Å². The minimum atomic E-state index is -0.931. The largest absolute Gasteiger partial charge is 0.373 e. The molecule has 7 heteroatoms. The number of rotatable bonds is 6. The summed E-state index contributed by atoms with van der Waals surface area (Å²) in [5, 5.41) is 7.35. The van der Waals surface area contributed by atoms with Crippen molar-refractivity contribution in [3.63, 3.8) is 0 Å². The number of likely N-dealkylation sites (N-methyl/N-ethyl adjacent to an activating group) is 1. The summed E-state index contributed by atoms with van der Waals surface area (Å²) in [5.41, 5.74) is 3.64. The molecular formula is C22H22F2N4O. The molecule has 0 fully saturated rings. The van der Waals surface area contributed by atoms with Crippen molar-refractivity contribution >= 4 is 11.6 Å². The summed E-state index contributed by atoms with van der Waals surface area (Å²) in [6.07, 6.45) is 2.42. The molecule has 1 heterocycles. The van der Waals surface area contributed by atoms with Gasteiger partial charge in [0.25, 0.3) is 5.91 Å². The average Bonchev–Trinajstić information content (AvgIpc) is 3.33. The molecule has 1 aliphatic rings. The minimum Gasteiger partial charge on any atom is -0.373 e. The third-order valence-corrected chi connectivity index (χ3v) is 5.22. The normalized spacial score (nSPS) is 12.7. The number of aromatic nitrogens is 2. The smallest absolute Gasteiger partial charge is 0.272 e. The number of carbonyl (C=O) groups is 1. The minimum absolute atomic E-state index is 0.244. The highest BCUT2D eigenvalue weighted by atomic mass is 19.2. The standard InChI is InChI=1S/C22H22F2N4O/c1-27(15-6-3-2-4-7-15)13-12-25-22(29)21-17-8-5-9-20(17)28(26-21)16-10-11-18(23)19(24)14-16/h2-4,6-7,10-11,14H,5,8-9,12-13H2,1H3,(H,25,29). The highest BCUT2D eigenvalue weighted by molar-refractivity contribution is 5.94. The Kier molecular flexibility index (Phi) is 5.29. The van der Waals surface area contributed by atoms with E-state index in [9.17, 15) is 13.6 Å². The number of benzene rings is 2. The van der Waals surface area contributed by atoms with Crippen LogP contribution in [0, 0.1) is 11.6 Å². The van der Waals surface area contributed by atoms with Gasteiger partial charge in [0.1, 0.15) is 0 Å². The van der Waals surface area contributed by atoms with Crippen LogP contribution in [0.2, 0.25) is 0 Å². The lowest BCUT2D eigenvalue weighted by Crippen LogP contribution is -2.33. The maximum absolute atomic E-state index is 13.7. The lowest BCUT2D eigenvalue weighted by Gasteiger charge is -2.19. The molecule has 0 saturated heterocycles. The zero-order valence-corrected chi connectivity index (χ0v) is 16.2. The predicted molar refractivity (Wildman–Crippen MR) is 108 cm³/mol. The van der Waals surface area contributed by atoms with Crippen molar-refractivity contribution in [3.05, 3.63) is 77.1 Å². The summed E-state index contributed by atoms with van der Waals surface area (Å²) >= 11 is 0. The first kappa shape index (κ1) is 19.1. The Morgan fingerprint density at radius 1 is 1.14 bits per heavy atom. The number of nitrogens with zero attached hydrogens (tertiary/aromatic N) is 3. The molecule has 150 valence electrons. The second-order valence-electron chi connectivity index (χ2n) is 7.15. The predicted octanol–water partition coefficient (Wildman–Crippen LogP) is 3.51. The summed E-state index contributed by atoms with van der Waals surface area (Å²) in [7, 11) is 1.97. The molecule has 0 radical (unpaired) electrons. The van der Waals surface area contributed by atoms with Crippen molar-refractivity contribution in [1.29, 1.82) is 0 Å². The van der Waals surface area contributed by atoms with Gasteiger partial charge in [0.2, 0.25) is 0 Å². The highest BCUT2D eigenvalue weighted by Gasteiger charge is 2.27. The molecular weight excluding hydrogens is 374 g/mol. The van der Waals surface area contributed by atoms with Crippen molar-refractivity contribution in [3.8, 4) is 5.69 Å². The van der Waals surface area contributed by atoms with Crippen LogP contribution in [-0.2, 0) is 12.8 Å². The Balaban J connectivity index is 1.48. The Hall–Kier alpha value is -3.22. The molecule has 1 amide bonds. The quantitative estimate of drug-likeness (QED) is 0.694. The van der Waals surface area contributed by atoms with Gasteiger partial charge in [-0.25, -0.2) is 13.5 Å². The lowest BCUT2D eigenvalue weighted by molar-refractivity contribution is 0.0948. The van der Waals surface area contributed by atoms with Crippen LogP contribution >= 0.6 is 0 Å². The zero-order valence-electron chi connectivity index (χ0n) is 16.2. The molecule has 3 aromatic rings. The molecule has 0 aliphatic heterocycles. The second kappa shape index (κ2) is 8.03. The maximum Gasteiger partial charge on any atom is 0.272 e. The first-order valence-electron chi connectivity index (χ1n) is 9.65. The number of amides is 1. The van der Waals surface area contributed by atoms with Crippen LogP contribution < -0.4 is 10.2 Å². The second-order valence-corrected chi connectivity index (χ2v) is 7.15. The zero-order chi connectivity index (χ0) is 20.4. The van der Waals surface area contributed by atoms with Crippen molar-refractivity contribution in [1.82, 2.24) is 15.1 Å². The van der Waals surface area contributed by atoms with Crippen LogP contribution in [0.3, 0.4) is 0 Å². The monoisotopic (exact) mass is 396 g/mol. The molecule has 0 bridgehead atoms. The average molecular weight is 396 g/mol. The molecule has 5 nitrogen and oxygen atoms in total. The van der Waals surface area contributed by atoms with Gasteiger partial charge >= 0.3 is 0 Å². The molecule has 29 heavy (non-hydrogen) atoms. The summed E-state index contributed by atoms with van der Waals surface area (Å²) in [4.78, 5) is 14.8. The maximum atomic E-state index is 13.7. The van der Waals surface area contributed by atoms with Crippen molar-refractivity contribution in [2.75, 3.05) is 25.0 Å². The number of halogens is 2. The third kappa shape index (κ3) is 3.85. The van der Waals surface area contributed by atoms with Gasteiger partial charge in [-0.15, -0.1) is 0 Å². The Morgan fingerprint density at radius 2 is 1.93 bits per heavy atom. The van der Waals surface area contributed by atoms with Gasteiger partial charge < -0.3 is 10.2 Å². The number of fused-ring (bicyclic) bond motifs is 1. The Bertz CT molecular complexity index is 1030. The van der Waals surface area contributed by atoms with Gasteiger partial charge in [-0.1, -0.05) is 18.2 Å². The Morgan fingerprint density at radius 3 is 2.69 bits per heavy atom. The van der Waals surface area contributed by atoms with Gasteiger partial charge in [-0.3, -0.25) is 4.79 Å².